The summed E-state index contributed by atoms with van der Waals surface area (Å²) in [5.74, 6) is -3.68. The number of nitrogens with one attached hydrogen (secondary N) is 3. The Morgan fingerprint density at radius 3 is 1.82 bits per heavy atom. The van der Waals surface area contributed by atoms with Gasteiger partial charge in [-0.15, -0.1) is 0 Å². The van der Waals surface area contributed by atoms with Crippen LogP contribution in [0, 0.1) is 0 Å². The number of carbonyl (C=O) groups is 4. The Kier molecular flexibility index (Phi) is 30.2. The molecule has 0 aromatic carbocycles. The zero-order valence-electron chi connectivity index (χ0n) is 21.3. The molecule has 0 saturated carbocycles. The summed E-state index contributed by atoms with van der Waals surface area (Å²) < 4.78 is 0. The van der Waals surface area contributed by atoms with Gasteiger partial charge >= 0.3 is 65.1 Å². The molecule has 0 aliphatic carbocycles. The van der Waals surface area contributed by atoms with Gasteiger partial charge in [-0.25, -0.2) is 4.79 Å². The molecule has 3 N–H and O–H groups in total. The number of carboxylic acid groups (broad SMARTS) is 2. The molecule has 0 aliphatic heterocycles. The predicted octanol–water partition coefficient (Wildman–Crippen LogP) is -5.07. The summed E-state index contributed by atoms with van der Waals surface area (Å²) in [5.41, 5.74) is 0. The largest absolute Gasteiger partial charge is 1.00 e. The van der Waals surface area contributed by atoms with E-state index in [1.165, 1.54) is 0 Å². The normalized spacial score (nSPS) is 11.1. The third kappa shape index (κ3) is 26.0. The van der Waals surface area contributed by atoms with Crippen molar-refractivity contribution in [1.29, 1.82) is 0 Å². The average molecular weight is 500 g/mol. The summed E-state index contributed by atoms with van der Waals surface area (Å²) in [7, 11) is 0. The third-order valence-electron chi connectivity index (χ3n) is 4.83. The Morgan fingerprint density at radius 1 is 0.765 bits per heavy atom. The Balaban J connectivity index is -0.00000480. The number of amides is 3. The number of carbonyl (C=O) groups excluding carboxylic acids is 4. The predicted molar refractivity (Wildman–Crippen MR) is 118 cm³/mol. The van der Waals surface area contributed by atoms with Gasteiger partial charge in [-0.1, -0.05) is 44.8 Å². The Morgan fingerprint density at radius 2 is 1.29 bits per heavy atom. The number of hydrogen-bond donors (Lipinski definition) is 3. The van der Waals surface area contributed by atoms with E-state index in [2.05, 4.69) is 35.0 Å². The minimum absolute atomic E-state index is 0. The molecule has 0 heterocycles. The van der Waals surface area contributed by atoms with Gasteiger partial charge in [0.15, 0.2) is 0 Å². The first-order valence-electron chi connectivity index (χ1n) is 11.7. The fourth-order valence-corrected chi connectivity index (χ4v) is 2.99. The van der Waals surface area contributed by atoms with Crippen molar-refractivity contribution in [3.63, 3.8) is 0 Å². The maximum absolute atomic E-state index is 11.7. The van der Waals surface area contributed by atoms with E-state index in [9.17, 15) is 29.4 Å². The number of urea groups is 1. The van der Waals surface area contributed by atoms with Crippen LogP contribution in [-0.4, -0.2) is 43.0 Å². The first-order chi connectivity index (χ1) is 15.4. The van der Waals surface area contributed by atoms with Gasteiger partial charge in [0.25, 0.3) is 0 Å². The van der Waals surface area contributed by atoms with Gasteiger partial charge in [0.05, 0.1) is 12.0 Å². The van der Waals surface area contributed by atoms with E-state index < -0.39 is 30.3 Å². The van der Waals surface area contributed by atoms with Gasteiger partial charge in [-0.05, 0) is 44.9 Å². The molecule has 11 heteroatoms. The van der Waals surface area contributed by atoms with Crippen LogP contribution in [0.5, 0.6) is 0 Å². The molecule has 184 valence electrons. The van der Waals surface area contributed by atoms with Crippen LogP contribution in [0.3, 0.4) is 0 Å². The van der Waals surface area contributed by atoms with Crippen LogP contribution in [0.4, 0.5) is 4.79 Å². The third-order valence-corrected chi connectivity index (χ3v) is 4.83. The van der Waals surface area contributed by atoms with E-state index in [0.717, 1.165) is 70.8 Å². The molecule has 9 nitrogen and oxygen atoms in total. The van der Waals surface area contributed by atoms with Crippen molar-refractivity contribution in [2.24, 2.45) is 0 Å². The van der Waals surface area contributed by atoms with E-state index >= 15 is 0 Å². The van der Waals surface area contributed by atoms with Crippen LogP contribution in [0.15, 0.2) is 12.2 Å². The molecule has 34 heavy (non-hydrogen) atoms. The van der Waals surface area contributed by atoms with E-state index in [4.69, 9.17) is 0 Å². The first kappa shape index (κ1) is 38.0. The molecule has 0 radical (unpaired) electrons. The van der Waals surface area contributed by atoms with Gasteiger partial charge in [0.2, 0.25) is 5.91 Å². The number of hydrogen-bond acceptors (Lipinski definition) is 6. The minimum atomic E-state index is -1.63. The fraction of sp³-hybridized carbons (Fsp3) is 0.739. The number of rotatable bonds is 20. The maximum atomic E-state index is 11.7. The number of allylic oxidation sites excluding steroid dienone is 2. The van der Waals surface area contributed by atoms with Crippen LogP contribution >= 0.6 is 0 Å². The van der Waals surface area contributed by atoms with E-state index in [1.807, 2.05) is 0 Å². The van der Waals surface area contributed by atoms with Crippen LogP contribution in [0.25, 0.3) is 0 Å². The Bertz CT molecular complexity index is 591. The van der Waals surface area contributed by atoms with Crippen molar-refractivity contribution in [3.05, 3.63) is 12.2 Å². The first-order valence-corrected chi connectivity index (χ1v) is 11.7. The molecule has 0 aromatic rings. The monoisotopic (exact) mass is 499 g/mol. The van der Waals surface area contributed by atoms with Crippen molar-refractivity contribution in [3.8, 4) is 0 Å². The number of carboxylic acids is 2. The topological polar surface area (TPSA) is 150 Å². The van der Waals surface area contributed by atoms with Crippen LogP contribution in [0.1, 0.15) is 90.4 Å². The second kappa shape index (κ2) is 27.0. The summed E-state index contributed by atoms with van der Waals surface area (Å²) in [6.45, 7) is 3.53. The van der Waals surface area contributed by atoms with Gasteiger partial charge in [-0.2, -0.15) is 0 Å². The summed E-state index contributed by atoms with van der Waals surface area (Å²) in [6.07, 6.45) is 14.2. The summed E-state index contributed by atoms with van der Waals surface area (Å²) in [6, 6.07) is -1.65. The quantitative estimate of drug-likeness (QED) is 0.0867. The molecular weight excluding hydrogens is 460 g/mol. The van der Waals surface area contributed by atoms with Crippen LogP contribution < -0.4 is 85.3 Å². The number of unbranched alkanes of at least 4 members (excludes halogenated alkanes) is 8. The second-order valence-corrected chi connectivity index (χ2v) is 7.83. The van der Waals surface area contributed by atoms with Gasteiger partial charge in [-0.3, -0.25) is 4.79 Å². The summed E-state index contributed by atoms with van der Waals surface area (Å²) in [5, 5.41) is 29.1. The van der Waals surface area contributed by atoms with E-state index in [-0.39, 0.29) is 71.6 Å². The van der Waals surface area contributed by atoms with Crippen LogP contribution in [0.2, 0.25) is 0 Å². The van der Waals surface area contributed by atoms with Crippen LogP contribution in [-0.2, 0) is 14.4 Å². The molecule has 1 atom stereocenters. The number of aliphatic carboxylic acids is 2. The van der Waals surface area contributed by atoms with Gasteiger partial charge in [0, 0.05) is 31.9 Å². The molecule has 0 unspecified atom stereocenters. The second-order valence-electron chi connectivity index (χ2n) is 7.83. The van der Waals surface area contributed by atoms with Crippen molar-refractivity contribution < 1.29 is 88.5 Å². The maximum Gasteiger partial charge on any atom is 1.00 e. The SMILES string of the molecule is CCCCCNC(=O)NCCCC/C=C\CCCCCCC(=O)N[C@@H](CC(=O)[O-])C(=O)[O-].[Na+].[Na+]. The molecule has 0 aromatic heterocycles. The Labute approximate surface area is 248 Å². The summed E-state index contributed by atoms with van der Waals surface area (Å²) in [4.78, 5) is 44.5. The molecule has 3 amide bonds. The van der Waals surface area contributed by atoms with Gasteiger partial charge < -0.3 is 35.8 Å². The molecule has 0 rings (SSSR count). The smallest absolute Gasteiger partial charge is 0.550 e. The van der Waals surface area contributed by atoms with Crippen molar-refractivity contribution >= 4 is 23.9 Å². The zero-order valence-corrected chi connectivity index (χ0v) is 25.3. The van der Waals surface area contributed by atoms with E-state index in [0.29, 0.717) is 13.0 Å². The molecule has 0 fully saturated rings. The van der Waals surface area contributed by atoms with Crippen molar-refractivity contribution in [2.45, 2.75) is 96.4 Å². The average Bonchev–Trinajstić information content (AvgIpc) is 2.73. The fourth-order valence-electron chi connectivity index (χ4n) is 2.99. The van der Waals surface area contributed by atoms with Crippen molar-refractivity contribution in [1.82, 2.24) is 16.0 Å². The van der Waals surface area contributed by atoms with E-state index in [1.54, 1.807) is 0 Å². The molecule has 0 spiro atoms. The van der Waals surface area contributed by atoms with Gasteiger partial charge in [0.1, 0.15) is 0 Å². The summed E-state index contributed by atoms with van der Waals surface area (Å²) >= 11 is 0. The molecule has 0 saturated heterocycles. The zero-order chi connectivity index (χ0) is 24.0. The molecule has 0 aliphatic rings. The Hall–Kier alpha value is -0.580. The molecular formula is C23H39N3Na2O6. The van der Waals surface area contributed by atoms with Crippen molar-refractivity contribution in [2.75, 3.05) is 13.1 Å². The molecule has 0 bridgehead atoms. The standard InChI is InChI=1S/C23H41N3O6.2Na/c1-2-3-13-16-24-23(32)25-17-14-11-9-7-5-4-6-8-10-12-15-20(27)26-19(22(30)31)18-21(28)29;;/h5,7,19H,2-4,6,8-18H2,1H3,(H,26,27)(H,28,29)(H,30,31)(H2,24,25,32);;/q;2*+1/p-2/b7-5-;;/t19-;;/m0../s1. The minimum Gasteiger partial charge on any atom is -0.550 e.